The highest BCUT2D eigenvalue weighted by molar-refractivity contribution is 9.10. The fourth-order valence-electron chi connectivity index (χ4n) is 3.35. The van der Waals surface area contributed by atoms with Crippen molar-refractivity contribution in [2.24, 2.45) is 0 Å². The van der Waals surface area contributed by atoms with Crippen molar-refractivity contribution < 1.29 is 9.53 Å². The zero-order valence-electron chi connectivity index (χ0n) is 17.7. The number of rotatable bonds is 5. The average molecular weight is 488 g/mol. The number of halogens is 1. The van der Waals surface area contributed by atoms with Gasteiger partial charge in [-0.3, -0.25) is 4.79 Å². The third-order valence-electron chi connectivity index (χ3n) is 4.92. The lowest BCUT2D eigenvalue weighted by Crippen LogP contribution is -2.46. The molecule has 5 nitrogen and oxygen atoms in total. The largest absolute Gasteiger partial charge is 0.491 e. The summed E-state index contributed by atoms with van der Waals surface area (Å²) in [6, 6.07) is 11.2. The van der Waals surface area contributed by atoms with Crippen molar-refractivity contribution >= 4 is 44.9 Å². The van der Waals surface area contributed by atoms with Gasteiger partial charge in [-0.15, -0.1) is 0 Å². The Morgan fingerprint density at radius 1 is 1.13 bits per heavy atom. The zero-order chi connectivity index (χ0) is 22.0. The second-order valence-corrected chi connectivity index (χ2v) is 9.00. The van der Waals surface area contributed by atoms with Gasteiger partial charge in [0.15, 0.2) is 5.11 Å². The van der Waals surface area contributed by atoms with Gasteiger partial charge in [-0.05, 0) is 88.3 Å². The summed E-state index contributed by atoms with van der Waals surface area (Å²) >= 11 is 8.92. The van der Waals surface area contributed by atoms with Crippen LogP contribution in [0.25, 0.3) is 0 Å². The molecule has 0 aliphatic carbocycles. The molecule has 1 unspecified atom stereocenters. The van der Waals surface area contributed by atoms with Crippen LogP contribution in [0.2, 0.25) is 0 Å². The molecule has 0 aromatic heterocycles. The first-order chi connectivity index (χ1) is 14.2. The smallest absolute Gasteiger partial charge is 0.255 e. The van der Waals surface area contributed by atoms with Gasteiger partial charge in [0.2, 0.25) is 0 Å². The van der Waals surface area contributed by atoms with Crippen LogP contribution < -0.4 is 20.7 Å². The van der Waals surface area contributed by atoms with E-state index >= 15 is 0 Å². The summed E-state index contributed by atoms with van der Waals surface area (Å²) in [7, 11) is 0. The SMILES string of the molecule is CC1=C(C(=O)Nc2ccc(C)c(C)c2)C(c2cc(Br)ccc2OC(C)C)NC(=S)N1. The van der Waals surface area contributed by atoms with Crippen molar-refractivity contribution in [2.45, 2.75) is 46.8 Å². The Balaban J connectivity index is 2.02. The van der Waals surface area contributed by atoms with E-state index in [0.29, 0.717) is 22.1 Å². The molecule has 0 saturated heterocycles. The molecular weight excluding hydrogens is 462 g/mol. The molecule has 0 spiro atoms. The first-order valence-corrected chi connectivity index (χ1v) is 11.0. The zero-order valence-corrected chi connectivity index (χ0v) is 20.1. The summed E-state index contributed by atoms with van der Waals surface area (Å²) in [6.07, 6.45) is -0.00326. The van der Waals surface area contributed by atoms with E-state index in [-0.39, 0.29) is 12.0 Å². The van der Waals surface area contributed by atoms with Crippen LogP contribution >= 0.6 is 28.1 Å². The van der Waals surface area contributed by atoms with E-state index in [4.69, 9.17) is 17.0 Å². The van der Waals surface area contributed by atoms with Gasteiger partial charge in [0, 0.05) is 21.4 Å². The number of allylic oxidation sites excluding steroid dienone is 1. The molecule has 0 bridgehead atoms. The molecule has 1 heterocycles. The van der Waals surface area contributed by atoms with Crippen LogP contribution in [0, 0.1) is 13.8 Å². The Labute approximate surface area is 191 Å². The number of aryl methyl sites for hydroxylation is 2. The van der Waals surface area contributed by atoms with Crippen LogP contribution in [0.5, 0.6) is 5.75 Å². The third kappa shape index (κ3) is 5.02. The maximum absolute atomic E-state index is 13.3. The highest BCUT2D eigenvalue weighted by Gasteiger charge is 2.32. The summed E-state index contributed by atoms with van der Waals surface area (Å²) in [5.41, 5.74) is 5.16. The van der Waals surface area contributed by atoms with Crippen molar-refractivity contribution in [1.82, 2.24) is 10.6 Å². The van der Waals surface area contributed by atoms with Crippen molar-refractivity contribution in [3.8, 4) is 5.75 Å². The molecule has 0 radical (unpaired) electrons. The third-order valence-corrected chi connectivity index (χ3v) is 5.64. The maximum atomic E-state index is 13.3. The lowest BCUT2D eigenvalue weighted by atomic mass is 9.94. The van der Waals surface area contributed by atoms with Crippen LogP contribution in [0.1, 0.15) is 43.5 Å². The predicted octanol–water partition coefficient (Wildman–Crippen LogP) is 5.28. The molecular formula is C23H26BrN3O2S. The van der Waals surface area contributed by atoms with E-state index in [0.717, 1.165) is 21.3 Å². The molecule has 1 amide bonds. The van der Waals surface area contributed by atoms with Crippen LogP contribution in [0.3, 0.4) is 0 Å². The Bertz CT molecular complexity index is 1030. The number of thiocarbonyl (C=S) groups is 1. The number of hydrogen-bond donors (Lipinski definition) is 3. The van der Waals surface area contributed by atoms with E-state index in [1.165, 1.54) is 5.56 Å². The van der Waals surface area contributed by atoms with Gasteiger partial charge in [-0.25, -0.2) is 0 Å². The number of amides is 1. The van der Waals surface area contributed by atoms with Gasteiger partial charge in [-0.1, -0.05) is 22.0 Å². The number of ether oxygens (including phenoxy) is 1. The van der Waals surface area contributed by atoms with E-state index < -0.39 is 6.04 Å². The first-order valence-electron chi connectivity index (χ1n) is 9.78. The minimum Gasteiger partial charge on any atom is -0.491 e. The number of carbonyl (C=O) groups is 1. The summed E-state index contributed by atoms with van der Waals surface area (Å²) in [5.74, 6) is 0.512. The second kappa shape index (κ2) is 9.18. The molecule has 2 aromatic carbocycles. The van der Waals surface area contributed by atoms with Gasteiger partial charge in [0.05, 0.1) is 17.7 Å². The normalized spacial score (nSPS) is 16.2. The molecule has 30 heavy (non-hydrogen) atoms. The monoisotopic (exact) mass is 487 g/mol. The van der Waals surface area contributed by atoms with Gasteiger partial charge in [-0.2, -0.15) is 0 Å². The van der Waals surface area contributed by atoms with E-state index in [9.17, 15) is 4.79 Å². The van der Waals surface area contributed by atoms with Crippen molar-refractivity contribution in [3.05, 3.63) is 68.8 Å². The molecule has 2 aromatic rings. The average Bonchev–Trinajstić information content (AvgIpc) is 2.65. The minimum absolute atomic E-state index is 0.00326. The van der Waals surface area contributed by atoms with Crippen LogP contribution in [-0.2, 0) is 4.79 Å². The highest BCUT2D eigenvalue weighted by atomic mass is 79.9. The van der Waals surface area contributed by atoms with Crippen molar-refractivity contribution in [3.63, 3.8) is 0 Å². The molecule has 158 valence electrons. The van der Waals surface area contributed by atoms with Gasteiger partial charge in [0.25, 0.3) is 5.91 Å². The van der Waals surface area contributed by atoms with Gasteiger partial charge < -0.3 is 20.7 Å². The lowest BCUT2D eigenvalue weighted by Gasteiger charge is -2.31. The Kier molecular flexibility index (Phi) is 6.83. The van der Waals surface area contributed by atoms with Gasteiger partial charge in [0.1, 0.15) is 5.75 Å². The van der Waals surface area contributed by atoms with Crippen molar-refractivity contribution in [2.75, 3.05) is 5.32 Å². The summed E-state index contributed by atoms with van der Waals surface area (Å²) < 4.78 is 6.92. The van der Waals surface area contributed by atoms with Gasteiger partial charge >= 0.3 is 0 Å². The summed E-state index contributed by atoms with van der Waals surface area (Å²) in [6.45, 7) is 9.87. The molecule has 7 heteroatoms. The quantitative estimate of drug-likeness (QED) is 0.500. The number of nitrogens with one attached hydrogen (secondary N) is 3. The highest BCUT2D eigenvalue weighted by Crippen LogP contribution is 2.36. The van der Waals surface area contributed by atoms with Crippen LogP contribution in [-0.4, -0.2) is 17.1 Å². The number of anilines is 1. The Morgan fingerprint density at radius 2 is 1.87 bits per heavy atom. The van der Waals surface area contributed by atoms with Crippen LogP contribution in [0.4, 0.5) is 5.69 Å². The molecule has 0 fully saturated rings. The first kappa shape index (κ1) is 22.3. The molecule has 1 aliphatic heterocycles. The topological polar surface area (TPSA) is 62.4 Å². The maximum Gasteiger partial charge on any atom is 0.255 e. The Morgan fingerprint density at radius 3 is 2.53 bits per heavy atom. The summed E-state index contributed by atoms with van der Waals surface area (Å²) in [5, 5.41) is 9.81. The van der Waals surface area contributed by atoms with E-state index in [2.05, 4.69) is 31.9 Å². The van der Waals surface area contributed by atoms with E-state index in [1.807, 2.05) is 71.0 Å². The van der Waals surface area contributed by atoms with E-state index in [1.54, 1.807) is 0 Å². The molecule has 1 atom stereocenters. The Hall–Kier alpha value is -2.38. The lowest BCUT2D eigenvalue weighted by molar-refractivity contribution is -0.113. The molecule has 0 saturated carbocycles. The summed E-state index contributed by atoms with van der Waals surface area (Å²) in [4.78, 5) is 13.3. The standard InChI is InChI=1S/C23H26BrN3O2S/c1-12(2)29-19-9-7-16(24)11-18(19)21-20(15(5)25-23(30)27-21)22(28)26-17-8-6-13(3)14(4)10-17/h6-12,21H,1-5H3,(H,26,28)(H2,25,27,30). The minimum atomic E-state index is -0.448. The van der Waals surface area contributed by atoms with Crippen molar-refractivity contribution in [1.29, 1.82) is 0 Å². The number of benzene rings is 2. The predicted molar refractivity (Wildman–Crippen MR) is 129 cm³/mol. The van der Waals surface area contributed by atoms with Crippen LogP contribution in [0.15, 0.2) is 52.1 Å². The fraction of sp³-hybridized carbons (Fsp3) is 0.304. The molecule has 3 rings (SSSR count). The fourth-order valence-corrected chi connectivity index (χ4v) is 4.00. The molecule has 3 N–H and O–H groups in total. The number of carbonyl (C=O) groups excluding carboxylic acids is 1. The molecule has 1 aliphatic rings. The number of hydrogen-bond acceptors (Lipinski definition) is 3. The second-order valence-electron chi connectivity index (χ2n) is 7.67.